The normalized spacial score (nSPS) is 26.0. The molecule has 0 aromatic heterocycles. The third-order valence-corrected chi connectivity index (χ3v) is 5.88. The van der Waals surface area contributed by atoms with Crippen LogP contribution in [-0.2, 0) is 18.6 Å². The van der Waals surface area contributed by atoms with Crippen molar-refractivity contribution in [3.05, 3.63) is 0 Å². The van der Waals surface area contributed by atoms with Crippen LogP contribution in [-0.4, -0.2) is 66.7 Å². The van der Waals surface area contributed by atoms with Gasteiger partial charge in [-0.25, -0.2) is 13.2 Å². The Labute approximate surface area is 141 Å². The Morgan fingerprint density at radius 1 is 1.39 bits per heavy atom. The fourth-order valence-electron chi connectivity index (χ4n) is 2.94. The molecule has 132 valence electrons. The first-order chi connectivity index (χ1) is 10.5. The van der Waals surface area contributed by atoms with Gasteiger partial charge in [0.1, 0.15) is 10.9 Å². The molecule has 2 amide bonds. The number of likely N-dealkylation sites (tertiary alicyclic amines) is 2. The maximum absolute atomic E-state index is 12.2. The molecule has 0 bridgehead atoms. The SMILES string of the molecule is CC(C)(C)OC(=O)N1CCC[C@@H]1CN1CC(S(=O)(=O)Cl)CC1=O. The van der Waals surface area contributed by atoms with Gasteiger partial charge in [0, 0.05) is 36.7 Å². The van der Waals surface area contributed by atoms with E-state index in [4.69, 9.17) is 15.4 Å². The average molecular weight is 367 g/mol. The van der Waals surface area contributed by atoms with E-state index in [9.17, 15) is 18.0 Å². The van der Waals surface area contributed by atoms with Gasteiger partial charge in [0.15, 0.2) is 0 Å². The van der Waals surface area contributed by atoms with Crippen molar-refractivity contribution in [1.29, 1.82) is 0 Å². The maximum atomic E-state index is 12.2. The molecule has 2 aliphatic heterocycles. The van der Waals surface area contributed by atoms with Crippen molar-refractivity contribution >= 4 is 31.7 Å². The second-order valence-corrected chi connectivity index (χ2v) is 9.98. The lowest BCUT2D eigenvalue weighted by atomic mass is 10.2. The zero-order valence-corrected chi connectivity index (χ0v) is 15.2. The minimum absolute atomic E-state index is 0.0866. The monoisotopic (exact) mass is 366 g/mol. The second-order valence-electron chi connectivity index (χ2n) is 7.07. The molecule has 2 saturated heterocycles. The van der Waals surface area contributed by atoms with Gasteiger partial charge >= 0.3 is 6.09 Å². The quantitative estimate of drug-likeness (QED) is 0.707. The van der Waals surface area contributed by atoms with E-state index in [1.807, 2.05) is 0 Å². The minimum atomic E-state index is -3.75. The fraction of sp³-hybridized carbons (Fsp3) is 0.857. The van der Waals surface area contributed by atoms with Gasteiger partial charge in [-0.3, -0.25) is 4.79 Å². The molecule has 9 heteroatoms. The van der Waals surface area contributed by atoms with Crippen LogP contribution in [0.2, 0.25) is 0 Å². The first-order valence-electron chi connectivity index (χ1n) is 7.68. The van der Waals surface area contributed by atoms with Crippen molar-refractivity contribution in [1.82, 2.24) is 9.80 Å². The highest BCUT2D eigenvalue weighted by Crippen LogP contribution is 2.26. The number of hydrogen-bond donors (Lipinski definition) is 0. The molecular weight excluding hydrogens is 344 g/mol. The first-order valence-corrected chi connectivity index (χ1v) is 10.1. The first kappa shape index (κ1) is 18.3. The van der Waals surface area contributed by atoms with Crippen molar-refractivity contribution < 1.29 is 22.7 Å². The number of nitrogens with zero attached hydrogens (tertiary/aromatic N) is 2. The molecule has 0 saturated carbocycles. The molecule has 0 aliphatic carbocycles. The molecule has 7 nitrogen and oxygen atoms in total. The molecular formula is C14H23ClN2O5S. The van der Waals surface area contributed by atoms with Gasteiger partial charge in [0.2, 0.25) is 15.0 Å². The van der Waals surface area contributed by atoms with E-state index in [1.165, 1.54) is 4.90 Å². The van der Waals surface area contributed by atoms with Gasteiger partial charge in [-0.05, 0) is 33.6 Å². The van der Waals surface area contributed by atoms with Gasteiger partial charge in [-0.1, -0.05) is 0 Å². The van der Waals surface area contributed by atoms with Crippen LogP contribution in [0.5, 0.6) is 0 Å². The van der Waals surface area contributed by atoms with E-state index < -0.39 is 26.0 Å². The van der Waals surface area contributed by atoms with Crippen LogP contribution in [0.15, 0.2) is 0 Å². The minimum Gasteiger partial charge on any atom is -0.444 e. The van der Waals surface area contributed by atoms with Crippen LogP contribution in [0, 0.1) is 0 Å². The highest BCUT2D eigenvalue weighted by atomic mass is 35.7. The summed E-state index contributed by atoms with van der Waals surface area (Å²) in [5, 5.41) is -0.868. The Bertz CT molecular complexity index is 586. The van der Waals surface area contributed by atoms with E-state index in [-0.39, 0.29) is 24.9 Å². The number of halogens is 1. The molecule has 0 radical (unpaired) electrons. The molecule has 1 unspecified atom stereocenters. The summed E-state index contributed by atoms with van der Waals surface area (Å²) < 4.78 is 28.2. The van der Waals surface area contributed by atoms with E-state index in [0.717, 1.165) is 12.8 Å². The molecule has 2 rings (SSSR count). The Hall–Kier alpha value is -1.02. The number of hydrogen-bond acceptors (Lipinski definition) is 5. The largest absolute Gasteiger partial charge is 0.444 e. The third-order valence-electron chi connectivity index (χ3n) is 4.01. The summed E-state index contributed by atoms with van der Waals surface area (Å²) in [6.07, 6.45) is 1.11. The second kappa shape index (κ2) is 6.47. The van der Waals surface area contributed by atoms with Crippen molar-refractivity contribution in [2.45, 2.75) is 56.9 Å². The molecule has 23 heavy (non-hydrogen) atoms. The van der Waals surface area contributed by atoms with E-state index in [0.29, 0.717) is 13.1 Å². The number of amides is 2. The highest BCUT2D eigenvalue weighted by molar-refractivity contribution is 8.14. The Morgan fingerprint density at radius 2 is 2.04 bits per heavy atom. The summed E-state index contributed by atoms with van der Waals surface area (Å²) in [4.78, 5) is 27.3. The lowest BCUT2D eigenvalue weighted by Gasteiger charge is -2.30. The van der Waals surface area contributed by atoms with Gasteiger partial charge in [-0.2, -0.15) is 0 Å². The van der Waals surface area contributed by atoms with Crippen LogP contribution >= 0.6 is 10.7 Å². The van der Waals surface area contributed by atoms with Crippen LogP contribution in [0.4, 0.5) is 4.79 Å². The van der Waals surface area contributed by atoms with Gasteiger partial charge in [0.25, 0.3) is 0 Å². The number of carbonyl (C=O) groups is 2. The Balaban J connectivity index is 1.99. The smallest absolute Gasteiger partial charge is 0.410 e. The van der Waals surface area contributed by atoms with Crippen LogP contribution in [0.1, 0.15) is 40.0 Å². The lowest BCUT2D eigenvalue weighted by molar-refractivity contribution is -0.128. The van der Waals surface area contributed by atoms with Crippen LogP contribution in [0.3, 0.4) is 0 Å². The summed E-state index contributed by atoms with van der Waals surface area (Å²) in [6.45, 7) is 6.39. The van der Waals surface area contributed by atoms with Gasteiger partial charge < -0.3 is 14.5 Å². The molecule has 0 N–H and O–H groups in total. The molecule has 2 fully saturated rings. The summed E-state index contributed by atoms with van der Waals surface area (Å²) in [5.41, 5.74) is -0.578. The Kier molecular flexibility index (Phi) is 5.15. The van der Waals surface area contributed by atoms with Crippen molar-refractivity contribution in [3.8, 4) is 0 Å². The molecule has 0 aromatic carbocycles. The molecule has 0 spiro atoms. The Morgan fingerprint density at radius 3 is 2.57 bits per heavy atom. The van der Waals surface area contributed by atoms with E-state index in [2.05, 4.69) is 0 Å². The highest BCUT2D eigenvalue weighted by Gasteiger charge is 2.40. The zero-order valence-electron chi connectivity index (χ0n) is 13.6. The lowest BCUT2D eigenvalue weighted by Crippen LogP contribution is -2.45. The molecule has 0 aromatic rings. The molecule has 2 atom stereocenters. The topological polar surface area (TPSA) is 84.0 Å². The zero-order chi connectivity index (χ0) is 17.4. The molecule has 2 heterocycles. The van der Waals surface area contributed by atoms with Gasteiger partial charge in [0.05, 0.1) is 6.04 Å². The van der Waals surface area contributed by atoms with Crippen LogP contribution in [0.25, 0.3) is 0 Å². The van der Waals surface area contributed by atoms with E-state index >= 15 is 0 Å². The third kappa shape index (κ3) is 4.73. The summed E-state index contributed by atoms with van der Waals surface area (Å²) >= 11 is 0. The van der Waals surface area contributed by atoms with E-state index in [1.54, 1.807) is 25.7 Å². The standard InChI is InChI=1S/C14H23ClN2O5S/c1-14(2,3)22-13(19)17-6-4-5-10(17)8-16-9-11(7-12(16)18)23(15,20)21/h10-11H,4-9H2,1-3H3/t10-,11?/m1/s1. The number of ether oxygens (including phenoxy) is 1. The van der Waals surface area contributed by atoms with Crippen molar-refractivity contribution in [2.24, 2.45) is 0 Å². The van der Waals surface area contributed by atoms with Crippen molar-refractivity contribution in [3.63, 3.8) is 0 Å². The summed E-state index contributed by atoms with van der Waals surface area (Å²) in [6, 6.07) is -0.148. The molecule has 2 aliphatic rings. The van der Waals surface area contributed by atoms with Gasteiger partial charge in [-0.15, -0.1) is 0 Å². The predicted octanol–water partition coefficient (Wildman–Crippen LogP) is 1.56. The summed E-state index contributed by atoms with van der Waals surface area (Å²) in [5.74, 6) is -0.240. The number of rotatable bonds is 3. The van der Waals surface area contributed by atoms with Crippen LogP contribution < -0.4 is 0 Å². The predicted molar refractivity (Wildman–Crippen MR) is 85.7 cm³/mol. The van der Waals surface area contributed by atoms with Crippen molar-refractivity contribution in [2.75, 3.05) is 19.6 Å². The maximum Gasteiger partial charge on any atom is 0.410 e. The number of carbonyl (C=O) groups excluding carboxylic acids is 2. The fourth-order valence-corrected chi connectivity index (χ4v) is 4.00. The average Bonchev–Trinajstić information content (AvgIpc) is 2.95. The summed E-state index contributed by atoms with van der Waals surface area (Å²) in [7, 11) is 1.60.